The van der Waals surface area contributed by atoms with Gasteiger partial charge in [-0.25, -0.2) is 9.97 Å². The summed E-state index contributed by atoms with van der Waals surface area (Å²) in [5.41, 5.74) is 2.06. The van der Waals surface area contributed by atoms with Gasteiger partial charge in [0.25, 0.3) is 0 Å². The molecule has 26 heavy (non-hydrogen) atoms. The highest BCUT2D eigenvalue weighted by Crippen LogP contribution is 2.61. The maximum atomic E-state index is 5.47. The summed E-state index contributed by atoms with van der Waals surface area (Å²) in [5, 5.41) is 0. The van der Waals surface area contributed by atoms with Crippen molar-refractivity contribution in [2.45, 2.75) is 71.5 Å². The Hall–Kier alpha value is -1.20. The van der Waals surface area contributed by atoms with Crippen LogP contribution in [0.25, 0.3) is 0 Å². The molecule has 0 radical (unpaired) electrons. The van der Waals surface area contributed by atoms with Gasteiger partial charge in [-0.15, -0.1) is 0 Å². The molecule has 0 saturated heterocycles. The van der Waals surface area contributed by atoms with Gasteiger partial charge in [0.05, 0.1) is 12.3 Å². The summed E-state index contributed by atoms with van der Waals surface area (Å²) in [6.07, 6.45) is 8.49. The molecule has 5 nitrogen and oxygen atoms in total. The molecule has 2 aliphatic rings. The molecule has 0 aromatic carbocycles. The number of hydrogen-bond acceptors (Lipinski definition) is 5. The fourth-order valence-electron chi connectivity index (χ4n) is 4.23. The number of aromatic nitrogens is 2. The monoisotopic (exact) mass is 360 g/mol. The van der Waals surface area contributed by atoms with E-state index in [2.05, 4.69) is 49.7 Å². The third-order valence-corrected chi connectivity index (χ3v) is 6.10. The van der Waals surface area contributed by atoms with Crippen molar-refractivity contribution < 1.29 is 4.74 Å². The van der Waals surface area contributed by atoms with Crippen molar-refractivity contribution in [2.75, 3.05) is 32.7 Å². The Labute approximate surface area is 159 Å². The lowest BCUT2D eigenvalue weighted by molar-refractivity contribution is 0.0757. The van der Waals surface area contributed by atoms with Gasteiger partial charge in [-0.2, -0.15) is 0 Å². The normalized spacial score (nSPS) is 20.3. The number of hydrogen-bond donors (Lipinski definition) is 0. The van der Waals surface area contributed by atoms with Crippen molar-refractivity contribution in [3.05, 3.63) is 18.0 Å². The molecule has 0 aliphatic heterocycles. The first-order valence-corrected chi connectivity index (χ1v) is 9.95. The van der Waals surface area contributed by atoms with Gasteiger partial charge in [0.2, 0.25) is 5.95 Å². The summed E-state index contributed by atoms with van der Waals surface area (Å²) in [5.74, 6) is 0.871. The minimum atomic E-state index is 0.275. The lowest BCUT2D eigenvalue weighted by Gasteiger charge is -2.42. The van der Waals surface area contributed by atoms with Crippen LogP contribution in [0.15, 0.2) is 12.3 Å². The average molecular weight is 361 g/mol. The van der Waals surface area contributed by atoms with Gasteiger partial charge in [0, 0.05) is 39.0 Å². The maximum absolute atomic E-state index is 5.47. The molecule has 0 bridgehead atoms. The fourth-order valence-corrected chi connectivity index (χ4v) is 4.23. The first-order chi connectivity index (χ1) is 12.2. The Morgan fingerprint density at radius 2 is 1.96 bits per heavy atom. The van der Waals surface area contributed by atoms with E-state index in [0.717, 1.165) is 31.2 Å². The predicted molar refractivity (Wildman–Crippen MR) is 106 cm³/mol. The fraction of sp³-hybridized carbons (Fsp3) is 0.810. The number of anilines is 1. The summed E-state index contributed by atoms with van der Waals surface area (Å²) in [7, 11) is 6.10. The molecule has 1 aromatic heterocycles. The van der Waals surface area contributed by atoms with Crippen LogP contribution in [0.5, 0.6) is 0 Å². The van der Waals surface area contributed by atoms with Crippen LogP contribution in [0.3, 0.4) is 0 Å². The molecule has 1 unspecified atom stereocenters. The van der Waals surface area contributed by atoms with E-state index in [1.165, 1.54) is 25.7 Å². The molecule has 1 spiro atoms. The Bertz CT molecular complexity index is 600. The third kappa shape index (κ3) is 4.74. The van der Waals surface area contributed by atoms with E-state index in [9.17, 15) is 0 Å². The average Bonchev–Trinajstić information content (AvgIpc) is 3.32. The lowest BCUT2D eigenvalue weighted by atomic mass is 9.76. The molecule has 2 fully saturated rings. The molecular formula is C21H36N4O. The Kier molecular flexibility index (Phi) is 5.59. The molecule has 1 heterocycles. The van der Waals surface area contributed by atoms with E-state index in [0.29, 0.717) is 17.5 Å². The van der Waals surface area contributed by atoms with Crippen LogP contribution in [-0.2, 0) is 11.3 Å². The van der Waals surface area contributed by atoms with E-state index in [1.807, 2.05) is 12.3 Å². The molecule has 1 aromatic rings. The van der Waals surface area contributed by atoms with Crippen molar-refractivity contribution in [3.8, 4) is 0 Å². The van der Waals surface area contributed by atoms with Crippen LogP contribution in [0.1, 0.15) is 58.6 Å². The summed E-state index contributed by atoms with van der Waals surface area (Å²) in [4.78, 5) is 14.0. The van der Waals surface area contributed by atoms with Gasteiger partial charge in [-0.3, -0.25) is 4.90 Å². The minimum Gasteiger partial charge on any atom is -0.383 e. The number of ether oxygens (including phenoxy) is 1. The van der Waals surface area contributed by atoms with Gasteiger partial charge >= 0.3 is 0 Å². The summed E-state index contributed by atoms with van der Waals surface area (Å²) in [6, 6.07) is 3.04. The first-order valence-electron chi connectivity index (χ1n) is 9.95. The van der Waals surface area contributed by atoms with E-state index < -0.39 is 0 Å². The molecule has 1 atom stereocenters. The second-order valence-electron chi connectivity index (χ2n) is 9.81. The molecule has 3 rings (SSSR count). The maximum Gasteiger partial charge on any atom is 0.225 e. The smallest absolute Gasteiger partial charge is 0.225 e. The molecular weight excluding hydrogens is 324 g/mol. The standard InChI is InChI=1S/C21H36N4O/c1-20(2,3)11-18(15-26-6)24(4)14-16-7-10-22-19(23-16)25(5)17-12-21(13-17)8-9-21/h7,10,17-18H,8-9,11-15H2,1-6H3. The highest BCUT2D eigenvalue weighted by atomic mass is 16.5. The third-order valence-electron chi connectivity index (χ3n) is 6.10. The number of likely N-dealkylation sites (N-methyl/N-ethyl adjacent to an activating group) is 1. The Morgan fingerprint density at radius 3 is 2.54 bits per heavy atom. The zero-order valence-electron chi connectivity index (χ0n) is 17.5. The molecule has 146 valence electrons. The second-order valence-corrected chi connectivity index (χ2v) is 9.81. The topological polar surface area (TPSA) is 41.5 Å². The van der Waals surface area contributed by atoms with Gasteiger partial charge < -0.3 is 9.64 Å². The van der Waals surface area contributed by atoms with Crippen LogP contribution >= 0.6 is 0 Å². The highest BCUT2D eigenvalue weighted by Gasteiger charge is 2.54. The molecule has 0 N–H and O–H groups in total. The molecule has 5 heteroatoms. The zero-order valence-corrected chi connectivity index (χ0v) is 17.5. The zero-order chi connectivity index (χ0) is 18.9. The van der Waals surface area contributed by atoms with Gasteiger partial charge in [0.1, 0.15) is 0 Å². The van der Waals surface area contributed by atoms with Crippen LogP contribution in [0.4, 0.5) is 5.95 Å². The molecule has 2 saturated carbocycles. The SMILES string of the molecule is COCC(CC(C)(C)C)N(C)Cc1ccnc(N(C)C2CC3(CC3)C2)n1. The van der Waals surface area contributed by atoms with E-state index in [-0.39, 0.29) is 5.41 Å². The largest absolute Gasteiger partial charge is 0.383 e. The number of nitrogens with zero attached hydrogens (tertiary/aromatic N) is 4. The lowest BCUT2D eigenvalue weighted by Crippen LogP contribution is -2.44. The van der Waals surface area contributed by atoms with E-state index >= 15 is 0 Å². The van der Waals surface area contributed by atoms with Gasteiger partial charge in [0.15, 0.2) is 0 Å². The summed E-state index contributed by atoms with van der Waals surface area (Å²) >= 11 is 0. The number of methoxy groups -OCH3 is 1. The van der Waals surface area contributed by atoms with Crippen LogP contribution < -0.4 is 4.90 Å². The quantitative estimate of drug-likeness (QED) is 0.706. The summed E-state index contributed by atoms with van der Waals surface area (Å²) in [6.45, 7) is 8.42. The Balaban J connectivity index is 1.61. The van der Waals surface area contributed by atoms with Crippen molar-refractivity contribution >= 4 is 5.95 Å². The Morgan fingerprint density at radius 1 is 1.27 bits per heavy atom. The minimum absolute atomic E-state index is 0.275. The predicted octanol–water partition coefficient (Wildman–Crippen LogP) is 3.74. The summed E-state index contributed by atoms with van der Waals surface area (Å²) < 4.78 is 5.47. The van der Waals surface area contributed by atoms with Crippen molar-refractivity contribution in [1.29, 1.82) is 0 Å². The van der Waals surface area contributed by atoms with E-state index in [4.69, 9.17) is 9.72 Å². The molecule has 2 aliphatic carbocycles. The van der Waals surface area contributed by atoms with Crippen molar-refractivity contribution in [1.82, 2.24) is 14.9 Å². The van der Waals surface area contributed by atoms with Gasteiger partial charge in [-0.1, -0.05) is 20.8 Å². The molecule has 0 amide bonds. The van der Waals surface area contributed by atoms with Crippen LogP contribution in [-0.4, -0.2) is 54.8 Å². The van der Waals surface area contributed by atoms with E-state index in [1.54, 1.807) is 7.11 Å². The first kappa shape index (κ1) is 19.6. The second kappa shape index (κ2) is 7.43. The van der Waals surface area contributed by atoms with Gasteiger partial charge in [-0.05, 0) is 56.0 Å². The number of rotatable bonds is 8. The highest BCUT2D eigenvalue weighted by molar-refractivity contribution is 5.33. The van der Waals surface area contributed by atoms with Crippen molar-refractivity contribution in [3.63, 3.8) is 0 Å². The van der Waals surface area contributed by atoms with Crippen molar-refractivity contribution in [2.24, 2.45) is 10.8 Å². The van der Waals surface area contributed by atoms with Crippen LogP contribution in [0, 0.1) is 10.8 Å². The van der Waals surface area contributed by atoms with Crippen LogP contribution in [0.2, 0.25) is 0 Å².